The summed E-state index contributed by atoms with van der Waals surface area (Å²) in [6.45, 7) is 6.28. The zero-order valence-electron chi connectivity index (χ0n) is 12.2. The molecule has 0 radical (unpaired) electrons. The molecule has 0 spiro atoms. The molecule has 0 aliphatic rings. The average Bonchev–Trinajstić information content (AvgIpc) is 2.39. The van der Waals surface area contributed by atoms with E-state index in [2.05, 4.69) is 5.32 Å². The first-order chi connectivity index (χ1) is 9.88. The van der Waals surface area contributed by atoms with Gasteiger partial charge in [-0.15, -0.1) is 0 Å². The molecule has 2 aromatic rings. The van der Waals surface area contributed by atoms with Gasteiger partial charge in [0.15, 0.2) is 0 Å². The highest BCUT2D eigenvalue weighted by molar-refractivity contribution is 6.30. The highest BCUT2D eigenvalue weighted by Crippen LogP contribution is 2.27. The number of halogens is 1. The van der Waals surface area contributed by atoms with Crippen LogP contribution < -0.4 is 5.32 Å². The lowest BCUT2D eigenvalue weighted by Crippen LogP contribution is -2.04. The second-order valence-electron chi connectivity index (χ2n) is 5.14. The Morgan fingerprint density at radius 1 is 1.10 bits per heavy atom. The summed E-state index contributed by atoms with van der Waals surface area (Å²) in [7, 11) is 0. The van der Waals surface area contributed by atoms with Crippen molar-refractivity contribution in [3.8, 4) is 0 Å². The summed E-state index contributed by atoms with van der Waals surface area (Å²) in [4.78, 5) is 10.7. The monoisotopic (exact) mass is 304 g/mol. The van der Waals surface area contributed by atoms with E-state index in [0.29, 0.717) is 17.1 Å². The first-order valence-corrected chi connectivity index (χ1v) is 7.01. The van der Waals surface area contributed by atoms with Crippen LogP contribution in [-0.4, -0.2) is 4.92 Å². The zero-order valence-corrected chi connectivity index (χ0v) is 13.0. The lowest BCUT2D eigenvalue weighted by molar-refractivity contribution is -0.385. The Morgan fingerprint density at radius 2 is 1.81 bits per heavy atom. The van der Waals surface area contributed by atoms with Crippen molar-refractivity contribution in [2.45, 2.75) is 27.3 Å². The first-order valence-electron chi connectivity index (χ1n) is 6.63. The van der Waals surface area contributed by atoms with Crippen molar-refractivity contribution < 1.29 is 4.92 Å². The van der Waals surface area contributed by atoms with Crippen LogP contribution in [0.3, 0.4) is 0 Å². The molecule has 0 atom stereocenters. The Balaban J connectivity index is 2.23. The van der Waals surface area contributed by atoms with Crippen LogP contribution in [-0.2, 0) is 6.54 Å². The molecule has 0 amide bonds. The summed E-state index contributed by atoms with van der Waals surface area (Å²) in [6, 6.07) is 9.13. The van der Waals surface area contributed by atoms with E-state index >= 15 is 0 Å². The Hall–Kier alpha value is -2.07. The molecule has 0 aliphatic heterocycles. The molecule has 4 nitrogen and oxygen atoms in total. The predicted molar refractivity (Wildman–Crippen MR) is 86.1 cm³/mol. The topological polar surface area (TPSA) is 55.2 Å². The molecule has 2 rings (SSSR count). The van der Waals surface area contributed by atoms with Crippen molar-refractivity contribution in [2.24, 2.45) is 0 Å². The molecule has 0 fully saturated rings. The van der Waals surface area contributed by atoms with Gasteiger partial charge in [-0.2, -0.15) is 0 Å². The van der Waals surface area contributed by atoms with Gasteiger partial charge in [-0.3, -0.25) is 10.1 Å². The fraction of sp³-hybridized carbons (Fsp3) is 0.250. The van der Waals surface area contributed by atoms with E-state index in [4.69, 9.17) is 11.6 Å². The van der Waals surface area contributed by atoms with Crippen LogP contribution in [0.15, 0.2) is 30.3 Å². The van der Waals surface area contributed by atoms with Crippen LogP contribution in [0.1, 0.15) is 22.3 Å². The largest absolute Gasteiger partial charge is 0.381 e. The predicted octanol–water partition coefficient (Wildman–Crippen LogP) is 4.79. The minimum Gasteiger partial charge on any atom is -0.381 e. The van der Waals surface area contributed by atoms with Crippen molar-refractivity contribution in [1.82, 2.24) is 0 Å². The number of anilines is 1. The van der Waals surface area contributed by atoms with Crippen LogP contribution in [0.25, 0.3) is 0 Å². The number of rotatable bonds is 4. The number of hydrogen-bond acceptors (Lipinski definition) is 3. The Kier molecular flexibility index (Phi) is 4.48. The van der Waals surface area contributed by atoms with Gasteiger partial charge in [0.05, 0.1) is 4.92 Å². The number of nitro benzene ring substituents is 1. The highest BCUT2D eigenvalue weighted by Gasteiger charge is 2.13. The maximum Gasteiger partial charge on any atom is 0.274 e. The maximum absolute atomic E-state index is 11.0. The summed E-state index contributed by atoms with van der Waals surface area (Å²) >= 11 is 5.94. The lowest BCUT2D eigenvalue weighted by atomic mass is 10.1. The Morgan fingerprint density at radius 3 is 2.43 bits per heavy atom. The Labute approximate surface area is 128 Å². The molecule has 0 aliphatic carbocycles. The van der Waals surface area contributed by atoms with Gasteiger partial charge in [-0.1, -0.05) is 17.7 Å². The second kappa shape index (κ2) is 6.14. The van der Waals surface area contributed by atoms with E-state index < -0.39 is 0 Å². The van der Waals surface area contributed by atoms with Gasteiger partial charge in [0.1, 0.15) is 0 Å². The summed E-state index contributed by atoms with van der Waals surface area (Å²) in [5, 5.41) is 15.0. The number of hydrogen-bond donors (Lipinski definition) is 1. The van der Waals surface area contributed by atoms with Crippen molar-refractivity contribution in [3.63, 3.8) is 0 Å². The number of nitro groups is 1. The van der Waals surface area contributed by atoms with E-state index in [9.17, 15) is 10.1 Å². The highest BCUT2D eigenvalue weighted by atomic mass is 35.5. The van der Waals surface area contributed by atoms with Crippen molar-refractivity contribution >= 4 is 23.0 Å². The summed E-state index contributed by atoms with van der Waals surface area (Å²) in [5.74, 6) is 0. The molecular weight excluding hydrogens is 288 g/mol. The van der Waals surface area contributed by atoms with E-state index in [-0.39, 0.29) is 10.6 Å². The average molecular weight is 305 g/mol. The fourth-order valence-corrected chi connectivity index (χ4v) is 2.50. The molecule has 0 unspecified atom stereocenters. The molecular formula is C16H17ClN2O2. The molecule has 0 bridgehead atoms. The molecule has 1 N–H and O–H groups in total. The molecule has 21 heavy (non-hydrogen) atoms. The minimum atomic E-state index is -0.354. The standard InChI is InChI=1S/C16H17ClN2O2/c1-10-7-14(17)5-4-13(10)9-18-15-8-16(19(20)21)12(3)6-11(15)2/h4-8,18H,9H2,1-3H3. The first kappa shape index (κ1) is 15.3. The van der Waals surface area contributed by atoms with Crippen LogP contribution in [0.5, 0.6) is 0 Å². The number of nitrogens with zero attached hydrogens (tertiary/aromatic N) is 1. The van der Waals surface area contributed by atoms with Crippen LogP contribution in [0, 0.1) is 30.9 Å². The molecule has 0 saturated carbocycles. The van der Waals surface area contributed by atoms with Crippen molar-refractivity contribution in [3.05, 3.63) is 67.7 Å². The summed E-state index contributed by atoms with van der Waals surface area (Å²) < 4.78 is 0. The molecule has 2 aromatic carbocycles. The van der Waals surface area contributed by atoms with E-state index in [1.165, 1.54) is 0 Å². The molecule has 0 saturated heterocycles. The molecule has 0 heterocycles. The normalized spacial score (nSPS) is 10.5. The number of benzene rings is 2. The summed E-state index contributed by atoms with van der Waals surface area (Å²) in [5.41, 5.74) is 4.78. The molecule has 0 aromatic heterocycles. The molecule has 5 heteroatoms. The van der Waals surface area contributed by atoms with Crippen molar-refractivity contribution in [1.29, 1.82) is 0 Å². The third-order valence-electron chi connectivity index (χ3n) is 3.51. The fourth-order valence-electron chi connectivity index (χ4n) is 2.28. The SMILES string of the molecule is Cc1cc(Cl)ccc1CNc1cc([N+](=O)[O-])c(C)cc1C. The zero-order chi connectivity index (χ0) is 15.6. The number of aryl methyl sites for hydroxylation is 3. The quantitative estimate of drug-likeness (QED) is 0.653. The van der Waals surface area contributed by atoms with Gasteiger partial charge in [-0.05, 0) is 55.7 Å². The smallest absolute Gasteiger partial charge is 0.274 e. The summed E-state index contributed by atoms with van der Waals surface area (Å²) in [6.07, 6.45) is 0. The van der Waals surface area contributed by atoms with Crippen LogP contribution in [0.2, 0.25) is 5.02 Å². The van der Waals surface area contributed by atoms with Gasteiger partial charge in [0.25, 0.3) is 5.69 Å². The van der Waals surface area contributed by atoms with Gasteiger partial charge >= 0.3 is 0 Å². The minimum absolute atomic E-state index is 0.135. The van der Waals surface area contributed by atoms with Crippen LogP contribution in [0.4, 0.5) is 11.4 Å². The third kappa shape index (κ3) is 3.52. The van der Waals surface area contributed by atoms with E-state index in [1.807, 2.05) is 38.1 Å². The van der Waals surface area contributed by atoms with Crippen molar-refractivity contribution in [2.75, 3.05) is 5.32 Å². The third-order valence-corrected chi connectivity index (χ3v) is 3.75. The van der Waals surface area contributed by atoms with E-state index in [1.54, 1.807) is 13.0 Å². The second-order valence-corrected chi connectivity index (χ2v) is 5.57. The van der Waals surface area contributed by atoms with Gasteiger partial charge < -0.3 is 5.32 Å². The van der Waals surface area contributed by atoms with Gasteiger partial charge in [0, 0.05) is 28.9 Å². The van der Waals surface area contributed by atoms with E-state index in [0.717, 1.165) is 22.4 Å². The van der Waals surface area contributed by atoms with Gasteiger partial charge in [0.2, 0.25) is 0 Å². The maximum atomic E-state index is 11.0. The lowest BCUT2D eigenvalue weighted by Gasteiger charge is -2.12. The van der Waals surface area contributed by atoms with Crippen LogP contribution >= 0.6 is 11.6 Å². The number of nitrogens with one attached hydrogen (secondary N) is 1. The molecule has 110 valence electrons. The van der Waals surface area contributed by atoms with Gasteiger partial charge in [-0.25, -0.2) is 0 Å². The Bertz CT molecular complexity index is 699.